The average molecular weight is 286 g/mol. The molecule has 2 rings (SSSR count). The van der Waals surface area contributed by atoms with Gasteiger partial charge in [-0.05, 0) is 12.8 Å². The van der Waals surface area contributed by atoms with Crippen LogP contribution in [0.1, 0.15) is 32.1 Å². The van der Waals surface area contributed by atoms with Gasteiger partial charge in [0, 0.05) is 32.4 Å². The highest BCUT2D eigenvalue weighted by Crippen LogP contribution is 2.26. The van der Waals surface area contributed by atoms with E-state index in [1.807, 2.05) is 0 Å². The van der Waals surface area contributed by atoms with Crippen molar-refractivity contribution >= 4 is 10.0 Å². The maximum Gasteiger partial charge on any atom is 0.262 e. The lowest BCUT2D eigenvalue weighted by Crippen LogP contribution is -2.44. The third kappa shape index (κ3) is 3.16. The Balaban J connectivity index is 2.26. The van der Waals surface area contributed by atoms with Crippen LogP contribution in [0.2, 0.25) is 0 Å². The van der Waals surface area contributed by atoms with Crippen molar-refractivity contribution in [2.24, 2.45) is 12.8 Å². The molecule has 0 amide bonds. The van der Waals surface area contributed by atoms with Crippen LogP contribution in [0.25, 0.3) is 0 Å². The van der Waals surface area contributed by atoms with E-state index >= 15 is 0 Å². The summed E-state index contributed by atoms with van der Waals surface area (Å²) in [4.78, 5) is 3.98. The molecule has 1 saturated carbocycles. The summed E-state index contributed by atoms with van der Waals surface area (Å²) in [7, 11) is -1.76. The van der Waals surface area contributed by atoms with Gasteiger partial charge < -0.3 is 10.3 Å². The molecular formula is C12H22N4O2S. The van der Waals surface area contributed by atoms with E-state index in [2.05, 4.69) is 4.98 Å². The van der Waals surface area contributed by atoms with E-state index in [-0.39, 0.29) is 11.1 Å². The second kappa shape index (κ2) is 6.02. The maximum absolute atomic E-state index is 12.6. The van der Waals surface area contributed by atoms with Crippen LogP contribution in [0, 0.1) is 0 Å². The fraction of sp³-hybridized carbons (Fsp3) is 0.750. The van der Waals surface area contributed by atoms with Crippen LogP contribution in [0.4, 0.5) is 0 Å². The van der Waals surface area contributed by atoms with Gasteiger partial charge >= 0.3 is 0 Å². The van der Waals surface area contributed by atoms with Crippen molar-refractivity contribution in [3.63, 3.8) is 0 Å². The Labute approximate surface area is 114 Å². The summed E-state index contributed by atoms with van der Waals surface area (Å²) in [5.74, 6) is 0. The van der Waals surface area contributed by atoms with Gasteiger partial charge in [-0.3, -0.25) is 0 Å². The zero-order chi connectivity index (χ0) is 13.9. The van der Waals surface area contributed by atoms with Gasteiger partial charge in [0.2, 0.25) is 0 Å². The topological polar surface area (TPSA) is 81.2 Å². The molecule has 1 aromatic rings. The Morgan fingerprint density at radius 2 is 2.11 bits per heavy atom. The molecule has 1 aliphatic rings. The first-order valence-corrected chi connectivity index (χ1v) is 8.19. The van der Waals surface area contributed by atoms with Gasteiger partial charge in [-0.1, -0.05) is 19.3 Å². The highest BCUT2D eigenvalue weighted by molar-refractivity contribution is 7.89. The van der Waals surface area contributed by atoms with Crippen molar-refractivity contribution < 1.29 is 8.42 Å². The van der Waals surface area contributed by atoms with E-state index in [1.165, 1.54) is 12.7 Å². The lowest BCUT2D eigenvalue weighted by atomic mass is 9.95. The van der Waals surface area contributed by atoms with Gasteiger partial charge in [0.05, 0.1) is 6.33 Å². The number of hydrogen-bond donors (Lipinski definition) is 1. The number of nitrogens with zero attached hydrogens (tertiary/aromatic N) is 3. The Morgan fingerprint density at radius 3 is 2.63 bits per heavy atom. The van der Waals surface area contributed by atoms with Gasteiger partial charge in [0.25, 0.3) is 10.0 Å². The third-order valence-corrected chi connectivity index (χ3v) is 5.42. The smallest absolute Gasteiger partial charge is 0.262 e. The number of hydrogen-bond acceptors (Lipinski definition) is 4. The van der Waals surface area contributed by atoms with Gasteiger partial charge in [-0.2, -0.15) is 4.31 Å². The van der Waals surface area contributed by atoms with Crippen molar-refractivity contribution in [1.82, 2.24) is 13.9 Å². The third-order valence-electron chi connectivity index (χ3n) is 3.59. The normalized spacial score (nSPS) is 18.1. The standard InChI is InChI=1S/C12H22N4O2S/c1-15-9-12(14-10-15)19(17,18)16(8-7-13)11-5-3-2-4-6-11/h9-11H,2-8,13H2,1H3. The number of aromatic nitrogens is 2. The van der Waals surface area contributed by atoms with Crippen LogP contribution in [-0.4, -0.2) is 41.4 Å². The molecule has 0 bridgehead atoms. The first kappa shape index (κ1) is 14.5. The summed E-state index contributed by atoms with van der Waals surface area (Å²) in [6.45, 7) is 0.701. The molecule has 1 aliphatic carbocycles. The zero-order valence-corrected chi connectivity index (χ0v) is 12.1. The molecule has 2 N–H and O–H groups in total. The molecule has 19 heavy (non-hydrogen) atoms. The molecule has 108 valence electrons. The number of nitrogens with two attached hydrogens (primary N) is 1. The van der Waals surface area contributed by atoms with Crippen LogP contribution in [0.5, 0.6) is 0 Å². The minimum atomic E-state index is -3.52. The molecule has 0 saturated heterocycles. The van der Waals surface area contributed by atoms with Crippen LogP contribution in [-0.2, 0) is 17.1 Å². The lowest BCUT2D eigenvalue weighted by Gasteiger charge is -2.32. The summed E-state index contributed by atoms with van der Waals surface area (Å²) in [5.41, 5.74) is 5.58. The molecule has 0 radical (unpaired) electrons. The molecule has 1 heterocycles. The second-order valence-corrected chi connectivity index (χ2v) is 6.91. The maximum atomic E-state index is 12.6. The van der Waals surface area contributed by atoms with E-state index in [9.17, 15) is 8.42 Å². The van der Waals surface area contributed by atoms with E-state index in [0.717, 1.165) is 25.7 Å². The van der Waals surface area contributed by atoms with Gasteiger partial charge in [-0.15, -0.1) is 0 Å². The summed E-state index contributed by atoms with van der Waals surface area (Å²) >= 11 is 0. The van der Waals surface area contributed by atoms with E-state index in [4.69, 9.17) is 5.73 Å². The van der Waals surface area contributed by atoms with Crippen molar-refractivity contribution in [2.45, 2.75) is 43.2 Å². The predicted molar refractivity (Wildman–Crippen MR) is 73.0 cm³/mol. The van der Waals surface area contributed by atoms with Crippen molar-refractivity contribution in [2.75, 3.05) is 13.1 Å². The molecule has 1 fully saturated rings. The van der Waals surface area contributed by atoms with Crippen LogP contribution < -0.4 is 5.73 Å². The molecule has 0 spiro atoms. The molecule has 1 aromatic heterocycles. The largest absolute Gasteiger partial charge is 0.339 e. The monoisotopic (exact) mass is 286 g/mol. The fourth-order valence-corrected chi connectivity index (χ4v) is 4.31. The second-order valence-electron chi connectivity index (χ2n) is 5.07. The highest BCUT2D eigenvalue weighted by Gasteiger charge is 2.33. The van der Waals surface area contributed by atoms with Gasteiger partial charge in [-0.25, -0.2) is 13.4 Å². The van der Waals surface area contributed by atoms with E-state index < -0.39 is 10.0 Å². The van der Waals surface area contributed by atoms with Gasteiger partial charge in [0.15, 0.2) is 5.03 Å². The average Bonchev–Trinajstić information content (AvgIpc) is 2.84. The lowest BCUT2D eigenvalue weighted by molar-refractivity contribution is 0.257. The molecule has 7 heteroatoms. The van der Waals surface area contributed by atoms with Crippen LogP contribution >= 0.6 is 0 Å². The number of sulfonamides is 1. The fourth-order valence-electron chi connectivity index (χ4n) is 2.64. The first-order chi connectivity index (χ1) is 9.05. The van der Waals surface area contributed by atoms with E-state index in [1.54, 1.807) is 22.1 Å². The summed E-state index contributed by atoms with van der Waals surface area (Å²) in [5, 5.41) is 0.119. The van der Waals surface area contributed by atoms with Crippen molar-refractivity contribution in [3.8, 4) is 0 Å². The van der Waals surface area contributed by atoms with Crippen molar-refractivity contribution in [1.29, 1.82) is 0 Å². The Morgan fingerprint density at radius 1 is 1.42 bits per heavy atom. The molecular weight excluding hydrogens is 264 g/mol. The molecule has 0 unspecified atom stereocenters. The molecule has 0 aliphatic heterocycles. The minimum absolute atomic E-state index is 0.0734. The number of aryl methyl sites for hydroxylation is 1. The van der Waals surface area contributed by atoms with E-state index in [0.29, 0.717) is 13.1 Å². The summed E-state index contributed by atoms with van der Waals surface area (Å²) in [6, 6.07) is 0.0734. The Bertz CT molecular complexity index is 506. The Hall–Kier alpha value is -0.920. The SMILES string of the molecule is Cn1cnc(S(=O)(=O)N(CCN)C2CCCCC2)c1. The summed E-state index contributed by atoms with van der Waals surface area (Å²) < 4.78 is 28.5. The molecule has 6 nitrogen and oxygen atoms in total. The predicted octanol–water partition coefficient (Wildman–Crippen LogP) is 0.702. The first-order valence-electron chi connectivity index (χ1n) is 6.75. The molecule has 0 aromatic carbocycles. The minimum Gasteiger partial charge on any atom is -0.339 e. The van der Waals surface area contributed by atoms with Gasteiger partial charge in [0.1, 0.15) is 0 Å². The highest BCUT2D eigenvalue weighted by atomic mass is 32.2. The summed E-state index contributed by atoms with van der Waals surface area (Å²) in [6.07, 6.45) is 8.26. The van der Waals surface area contributed by atoms with Crippen molar-refractivity contribution in [3.05, 3.63) is 12.5 Å². The zero-order valence-electron chi connectivity index (χ0n) is 11.3. The Kier molecular flexibility index (Phi) is 4.59. The van der Waals surface area contributed by atoms with Crippen LogP contribution in [0.3, 0.4) is 0 Å². The molecule has 0 atom stereocenters. The van der Waals surface area contributed by atoms with Crippen LogP contribution in [0.15, 0.2) is 17.6 Å². The number of imidazole rings is 1. The number of rotatable bonds is 5. The quantitative estimate of drug-likeness (QED) is 0.864.